The highest BCUT2D eigenvalue weighted by Crippen LogP contribution is 2.39. The Morgan fingerprint density at radius 1 is 0.846 bits per heavy atom. The third kappa shape index (κ3) is 7.63. The van der Waals surface area contributed by atoms with Crippen LogP contribution < -0.4 is 15.5 Å². The minimum absolute atomic E-state index is 0.0456. The fraction of sp³-hybridized carbons (Fsp3) is 0.556. The number of likely N-dealkylation sites (tertiary alicyclic amines) is 2. The van der Waals surface area contributed by atoms with Crippen LogP contribution in [0.1, 0.15) is 42.9 Å². The van der Waals surface area contributed by atoms with Crippen molar-refractivity contribution >= 4 is 46.4 Å². The maximum Gasteiger partial charge on any atom is 0.185 e. The van der Waals surface area contributed by atoms with Crippen LogP contribution in [0.15, 0.2) is 24.3 Å². The molecule has 12 heteroatoms. The van der Waals surface area contributed by atoms with Crippen molar-refractivity contribution in [2.75, 3.05) is 46.0 Å². The summed E-state index contributed by atoms with van der Waals surface area (Å²) < 4.78 is 0. The number of aliphatic hydroxyl groups is 3. The summed E-state index contributed by atoms with van der Waals surface area (Å²) in [6, 6.07) is 6.20. The molecule has 216 valence electrons. The summed E-state index contributed by atoms with van der Waals surface area (Å²) in [7, 11) is 0. The standard InChI is InChI=1S/C27H35Cl4N3O5/c28-20-9-18(13-33-7-3-27(32,16-37)4-8-33)25(11-22(20)30)38-39-26-12-23(31)21(29)10-19(26)24(15-36)34-5-1-17(14-35)2-6-34/h9-12,17,24,35-37H,1-8,13-16,32H2. The van der Waals surface area contributed by atoms with Gasteiger partial charge in [-0.05, 0) is 56.8 Å². The van der Waals surface area contributed by atoms with Crippen LogP contribution in [-0.2, 0) is 6.54 Å². The second-order valence-corrected chi connectivity index (χ2v) is 12.1. The van der Waals surface area contributed by atoms with Crippen molar-refractivity contribution in [3.63, 3.8) is 0 Å². The molecule has 0 saturated carbocycles. The predicted molar refractivity (Wildman–Crippen MR) is 154 cm³/mol. The van der Waals surface area contributed by atoms with Gasteiger partial charge in [0.25, 0.3) is 0 Å². The molecule has 1 atom stereocenters. The maximum absolute atomic E-state index is 10.3. The van der Waals surface area contributed by atoms with Crippen LogP contribution in [0.2, 0.25) is 20.1 Å². The lowest BCUT2D eigenvalue weighted by atomic mass is 9.89. The van der Waals surface area contributed by atoms with Crippen molar-refractivity contribution in [1.29, 1.82) is 0 Å². The Labute approximate surface area is 249 Å². The normalized spacial score (nSPS) is 19.7. The highest BCUT2D eigenvalue weighted by atomic mass is 35.5. The van der Waals surface area contributed by atoms with Gasteiger partial charge in [0.2, 0.25) is 0 Å². The molecule has 2 aliphatic rings. The Bertz CT molecular complexity index is 1130. The van der Waals surface area contributed by atoms with Crippen molar-refractivity contribution in [3.8, 4) is 11.5 Å². The molecule has 2 heterocycles. The Morgan fingerprint density at radius 3 is 2.00 bits per heavy atom. The molecule has 39 heavy (non-hydrogen) atoms. The van der Waals surface area contributed by atoms with E-state index < -0.39 is 11.6 Å². The zero-order chi connectivity index (χ0) is 28.2. The molecule has 2 aliphatic heterocycles. The van der Waals surface area contributed by atoms with Crippen LogP contribution in [0.5, 0.6) is 11.5 Å². The molecule has 0 radical (unpaired) electrons. The smallest absolute Gasteiger partial charge is 0.185 e. The van der Waals surface area contributed by atoms with Crippen LogP contribution in [0, 0.1) is 5.92 Å². The van der Waals surface area contributed by atoms with Crippen LogP contribution in [0.3, 0.4) is 0 Å². The van der Waals surface area contributed by atoms with Crippen LogP contribution in [0.25, 0.3) is 0 Å². The largest absolute Gasteiger partial charge is 0.396 e. The second-order valence-electron chi connectivity index (χ2n) is 10.5. The molecule has 5 N–H and O–H groups in total. The van der Waals surface area contributed by atoms with Gasteiger partial charge in [-0.1, -0.05) is 46.4 Å². The zero-order valence-electron chi connectivity index (χ0n) is 21.6. The third-order valence-electron chi connectivity index (χ3n) is 7.82. The highest BCUT2D eigenvalue weighted by molar-refractivity contribution is 6.42. The van der Waals surface area contributed by atoms with Gasteiger partial charge in [-0.25, -0.2) is 0 Å². The number of nitrogens with two attached hydrogens (primary N) is 1. The Balaban J connectivity index is 1.54. The summed E-state index contributed by atoms with van der Waals surface area (Å²) in [5.41, 5.74) is 7.07. The molecule has 0 bridgehead atoms. The first-order valence-corrected chi connectivity index (χ1v) is 14.6. The maximum atomic E-state index is 10.3. The van der Waals surface area contributed by atoms with E-state index in [9.17, 15) is 15.3 Å². The van der Waals surface area contributed by atoms with Gasteiger partial charge in [0.05, 0.1) is 39.3 Å². The first-order chi connectivity index (χ1) is 18.7. The van der Waals surface area contributed by atoms with Gasteiger partial charge in [-0.2, -0.15) is 0 Å². The average molecular weight is 623 g/mol. The molecule has 2 saturated heterocycles. The topological polar surface area (TPSA) is 112 Å². The van der Waals surface area contributed by atoms with Crippen molar-refractivity contribution in [2.45, 2.75) is 43.8 Å². The molecule has 1 unspecified atom stereocenters. The summed E-state index contributed by atoms with van der Waals surface area (Å²) in [4.78, 5) is 16.0. The summed E-state index contributed by atoms with van der Waals surface area (Å²) in [5, 5.41) is 30.8. The van der Waals surface area contributed by atoms with E-state index in [0.717, 1.165) is 18.4 Å². The van der Waals surface area contributed by atoms with E-state index >= 15 is 0 Å². The summed E-state index contributed by atoms with van der Waals surface area (Å²) in [6.45, 7) is 3.31. The molecule has 0 aliphatic carbocycles. The van der Waals surface area contributed by atoms with E-state index in [1.807, 2.05) is 0 Å². The number of piperidine rings is 2. The lowest BCUT2D eigenvalue weighted by molar-refractivity contribution is -0.103. The summed E-state index contributed by atoms with van der Waals surface area (Å²) in [5.74, 6) is 0.961. The lowest BCUT2D eigenvalue weighted by Crippen LogP contribution is -2.52. The monoisotopic (exact) mass is 621 g/mol. The van der Waals surface area contributed by atoms with Crippen LogP contribution >= 0.6 is 46.4 Å². The van der Waals surface area contributed by atoms with Crippen molar-refractivity contribution in [2.24, 2.45) is 11.7 Å². The van der Waals surface area contributed by atoms with E-state index in [0.29, 0.717) is 77.7 Å². The average Bonchev–Trinajstić information content (AvgIpc) is 2.94. The van der Waals surface area contributed by atoms with Gasteiger partial charge in [0, 0.05) is 55.0 Å². The molecule has 2 aromatic rings. The number of nitrogens with zero attached hydrogens (tertiary/aromatic N) is 2. The van der Waals surface area contributed by atoms with Crippen molar-refractivity contribution in [3.05, 3.63) is 55.5 Å². The van der Waals surface area contributed by atoms with Crippen LogP contribution in [0.4, 0.5) is 0 Å². The molecular weight excluding hydrogens is 588 g/mol. The zero-order valence-corrected chi connectivity index (χ0v) is 24.6. The minimum atomic E-state index is -0.558. The SMILES string of the molecule is NC1(CO)CCN(Cc2cc(Cl)c(Cl)cc2OOc2cc(Cl)c(Cl)cc2C(CO)N2CCC(CO)CC2)CC1. The molecule has 2 aromatic carbocycles. The van der Waals surface area contributed by atoms with E-state index in [-0.39, 0.29) is 30.8 Å². The van der Waals surface area contributed by atoms with E-state index in [1.54, 1.807) is 24.3 Å². The van der Waals surface area contributed by atoms with Crippen molar-refractivity contribution < 1.29 is 25.1 Å². The number of halogens is 4. The molecule has 2 fully saturated rings. The van der Waals surface area contributed by atoms with Gasteiger partial charge in [-0.3, -0.25) is 19.6 Å². The summed E-state index contributed by atoms with van der Waals surface area (Å²) in [6.07, 6.45) is 2.99. The molecule has 8 nitrogen and oxygen atoms in total. The van der Waals surface area contributed by atoms with E-state index in [1.165, 1.54) is 0 Å². The first kappa shape index (κ1) is 30.9. The predicted octanol–water partition coefficient (Wildman–Crippen LogP) is 4.70. The fourth-order valence-corrected chi connectivity index (χ4v) is 5.82. The minimum Gasteiger partial charge on any atom is -0.396 e. The lowest BCUT2D eigenvalue weighted by Gasteiger charge is -2.38. The molecule has 0 aromatic heterocycles. The van der Waals surface area contributed by atoms with E-state index in [2.05, 4.69) is 9.80 Å². The molecule has 0 spiro atoms. The molecular formula is C27H35Cl4N3O5. The third-order valence-corrected chi connectivity index (χ3v) is 9.26. The number of aliphatic hydroxyl groups excluding tert-OH is 3. The van der Waals surface area contributed by atoms with Gasteiger partial charge in [0.1, 0.15) is 0 Å². The first-order valence-electron chi connectivity index (χ1n) is 13.1. The number of hydrogen-bond acceptors (Lipinski definition) is 8. The number of rotatable bonds is 10. The van der Waals surface area contributed by atoms with Crippen LogP contribution in [-0.4, -0.2) is 76.7 Å². The quantitative estimate of drug-likeness (QED) is 0.223. The van der Waals surface area contributed by atoms with Gasteiger partial charge >= 0.3 is 0 Å². The Hall–Kier alpha value is -1.04. The van der Waals surface area contributed by atoms with Crippen molar-refractivity contribution in [1.82, 2.24) is 9.80 Å². The molecule has 4 rings (SSSR count). The van der Waals surface area contributed by atoms with E-state index in [4.69, 9.17) is 61.9 Å². The summed E-state index contributed by atoms with van der Waals surface area (Å²) >= 11 is 25.4. The van der Waals surface area contributed by atoms with Gasteiger partial charge < -0.3 is 21.1 Å². The number of hydrogen-bond donors (Lipinski definition) is 4. The van der Waals surface area contributed by atoms with Gasteiger partial charge in [-0.15, -0.1) is 0 Å². The Kier molecular flexibility index (Phi) is 10.9. The fourth-order valence-electron chi connectivity index (χ4n) is 5.15. The second kappa shape index (κ2) is 13.7. The Morgan fingerprint density at radius 2 is 1.41 bits per heavy atom. The number of benzene rings is 2. The van der Waals surface area contributed by atoms with Gasteiger partial charge in [0.15, 0.2) is 11.5 Å². The molecule has 0 amide bonds. The highest BCUT2D eigenvalue weighted by Gasteiger charge is 2.31.